The first-order valence-electron chi connectivity index (χ1n) is 16.0. The van der Waals surface area contributed by atoms with Crippen molar-refractivity contribution < 1.29 is 29.3 Å². The summed E-state index contributed by atoms with van der Waals surface area (Å²) >= 11 is 0. The number of rotatable bonds is 10. The maximum atomic E-state index is 13.9. The monoisotopic (exact) mass is 606 g/mol. The van der Waals surface area contributed by atoms with Gasteiger partial charge in [-0.25, -0.2) is 0 Å². The van der Waals surface area contributed by atoms with Gasteiger partial charge in [0.2, 0.25) is 11.8 Å². The number of carbonyl (C=O) groups excluding carboxylic acids is 3. The summed E-state index contributed by atoms with van der Waals surface area (Å²) in [5.74, 6) is 0.759. The van der Waals surface area contributed by atoms with Crippen LogP contribution >= 0.6 is 0 Å². The molecular formula is C34H46N4O6. The number of likely N-dealkylation sites (tertiary alicyclic amines) is 1. The third kappa shape index (κ3) is 6.92. The number of benzene rings is 2. The molecule has 0 radical (unpaired) electrons. The van der Waals surface area contributed by atoms with Gasteiger partial charge >= 0.3 is 0 Å². The fourth-order valence-corrected chi connectivity index (χ4v) is 6.88. The van der Waals surface area contributed by atoms with Crippen molar-refractivity contribution in [2.24, 2.45) is 5.92 Å². The van der Waals surface area contributed by atoms with Gasteiger partial charge in [-0.05, 0) is 92.8 Å². The minimum Gasteiger partial charge on any atom is -0.457 e. The zero-order valence-electron chi connectivity index (χ0n) is 25.8. The molecule has 0 aromatic heterocycles. The van der Waals surface area contributed by atoms with Crippen LogP contribution in [0.2, 0.25) is 0 Å². The Balaban J connectivity index is 1.19. The average molecular weight is 607 g/mol. The summed E-state index contributed by atoms with van der Waals surface area (Å²) in [6.07, 6.45) is 4.01. The van der Waals surface area contributed by atoms with E-state index in [1.807, 2.05) is 24.3 Å². The Morgan fingerprint density at radius 2 is 1.64 bits per heavy atom. The third-order valence-corrected chi connectivity index (χ3v) is 9.65. The molecule has 44 heavy (non-hydrogen) atoms. The molecule has 2 aliphatic heterocycles. The summed E-state index contributed by atoms with van der Waals surface area (Å²) in [7, 11) is 1.60. The van der Waals surface area contributed by atoms with Crippen LogP contribution in [0, 0.1) is 5.92 Å². The molecule has 1 saturated carbocycles. The SMILES string of the molecule is CCCCN1C(=O)[C@@H]([C@H](O)C2CCC(O)CC2)NC(=O)C12CCN(Cc1ccc(Oc3ccc(C(=O)NC)cc3)cc1)CC2. The van der Waals surface area contributed by atoms with Crippen LogP contribution < -0.4 is 15.4 Å². The third-order valence-electron chi connectivity index (χ3n) is 9.65. The van der Waals surface area contributed by atoms with E-state index in [0.717, 1.165) is 24.9 Å². The largest absolute Gasteiger partial charge is 0.457 e. The van der Waals surface area contributed by atoms with Crippen molar-refractivity contribution in [2.45, 2.75) is 88.6 Å². The van der Waals surface area contributed by atoms with E-state index >= 15 is 0 Å². The predicted molar refractivity (Wildman–Crippen MR) is 166 cm³/mol. The van der Waals surface area contributed by atoms with Crippen LogP contribution in [0.5, 0.6) is 11.5 Å². The van der Waals surface area contributed by atoms with Crippen molar-refractivity contribution in [2.75, 3.05) is 26.7 Å². The number of hydrogen-bond donors (Lipinski definition) is 4. The van der Waals surface area contributed by atoms with Gasteiger partial charge in [0.15, 0.2) is 0 Å². The summed E-state index contributed by atoms with van der Waals surface area (Å²) in [4.78, 5) is 43.4. The maximum absolute atomic E-state index is 13.9. The van der Waals surface area contributed by atoms with Crippen molar-refractivity contribution in [3.63, 3.8) is 0 Å². The molecule has 3 fully saturated rings. The number of unbranched alkanes of at least 4 members (excludes halogenated alkanes) is 1. The van der Waals surface area contributed by atoms with Crippen LogP contribution in [-0.2, 0) is 16.1 Å². The summed E-state index contributed by atoms with van der Waals surface area (Å²) in [5.41, 5.74) is 0.795. The number of piperazine rings is 1. The molecule has 5 rings (SSSR count). The number of carbonyl (C=O) groups is 3. The molecule has 4 N–H and O–H groups in total. The Bertz CT molecular complexity index is 1280. The normalized spacial score (nSPS) is 24.5. The second kappa shape index (κ2) is 14.1. The lowest BCUT2D eigenvalue weighted by atomic mass is 9.77. The molecule has 0 unspecified atom stereocenters. The zero-order valence-corrected chi connectivity index (χ0v) is 25.8. The minimum absolute atomic E-state index is 0.108. The van der Waals surface area contributed by atoms with Crippen molar-refractivity contribution in [1.82, 2.24) is 20.4 Å². The topological polar surface area (TPSA) is 131 Å². The molecule has 1 aliphatic carbocycles. The standard InChI is InChI=1S/C34H46N4O6/c1-3-4-19-38-32(42)29(30(40)24-7-11-26(39)12-8-24)36-33(43)34(38)17-20-37(21-18-34)22-23-5-13-27(14-6-23)44-28-15-9-25(10-16-28)31(41)35-2/h5-6,9-10,13-16,24,26,29-30,39-40H,3-4,7-8,11-12,17-22H2,1-2H3,(H,35,41)(H,36,43)/t24?,26?,29-,30-/m1/s1. The number of aliphatic hydroxyl groups is 2. The van der Waals surface area contributed by atoms with Crippen molar-refractivity contribution in [3.8, 4) is 11.5 Å². The van der Waals surface area contributed by atoms with Gasteiger partial charge in [-0.3, -0.25) is 19.3 Å². The molecule has 2 aromatic carbocycles. The first-order chi connectivity index (χ1) is 21.2. The second-order valence-electron chi connectivity index (χ2n) is 12.5. The fourth-order valence-electron chi connectivity index (χ4n) is 6.88. The highest BCUT2D eigenvalue weighted by Crippen LogP contribution is 2.36. The Morgan fingerprint density at radius 3 is 2.23 bits per heavy atom. The molecule has 238 valence electrons. The number of nitrogens with one attached hydrogen (secondary N) is 2. The van der Waals surface area contributed by atoms with E-state index in [-0.39, 0.29) is 29.7 Å². The Hall–Kier alpha value is -3.47. The molecule has 2 aromatic rings. The van der Waals surface area contributed by atoms with E-state index in [9.17, 15) is 24.6 Å². The maximum Gasteiger partial charge on any atom is 0.251 e. The van der Waals surface area contributed by atoms with Crippen LogP contribution in [-0.4, -0.2) is 88.2 Å². The molecule has 2 heterocycles. The highest BCUT2D eigenvalue weighted by Gasteiger charge is 2.55. The molecule has 10 heteroatoms. The molecule has 3 aliphatic rings. The van der Waals surface area contributed by atoms with Crippen LogP contribution in [0.25, 0.3) is 0 Å². The minimum atomic E-state index is -0.950. The lowest BCUT2D eigenvalue weighted by Crippen LogP contribution is -2.75. The van der Waals surface area contributed by atoms with Gasteiger partial charge in [0.25, 0.3) is 5.91 Å². The zero-order chi connectivity index (χ0) is 31.3. The molecule has 0 bridgehead atoms. The fraction of sp³-hybridized carbons (Fsp3) is 0.559. The summed E-state index contributed by atoms with van der Waals surface area (Å²) < 4.78 is 5.95. The van der Waals surface area contributed by atoms with E-state index in [4.69, 9.17) is 4.74 Å². The van der Waals surface area contributed by atoms with E-state index in [1.165, 1.54) is 0 Å². The molecular weight excluding hydrogens is 560 g/mol. The van der Waals surface area contributed by atoms with Gasteiger partial charge < -0.3 is 30.5 Å². The second-order valence-corrected chi connectivity index (χ2v) is 12.5. The van der Waals surface area contributed by atoms with Gasteiger partial charge in [-0.15, -0.1) is 0 Å². The van der Waals surface area contributed by atoms with Gasteiger partial charge in [0.1, 0.15) is 23.1 Å². The molecule has 2 saturated heterocycles. The lowest BCUT2D eigenvalue weighted by molar-refractivity contribution is -0.166. The summed E-state index contributed by atoms with van der Waals surface area (Å²) in [5, 5.41) is 26.6. The summed E-state index contributed by atoms with van der Waals surface area (Å²) in [6, 6.07) is 13.9. The molecule has 10 nitrogen and oxygen atoms in total. The Labute approximate surface area is 259 Å². The van der Waals surface area contributed by atoms with Gasteiger partial charge in [0.05, 0.1) is 12.2 Å². The van der Waals surface area contributed by atoms with Gasteiger partial charge in [-0.1, -0.05) is 25.5 Å². The predicted octanol–water partition coefficient (Wildman–Crippen LogP) is 3.21. The van der Waals surface area contributed by atoms with Gasteiger partial charge in [-0.2, -0.15) is 0 Å². The van der Waals surface area contributed by atoms with Crippen LogP contribution in [0.4, 0.5) is 0 Å². The lowest BCUT2D eigenvalue weighted by Gasteiger charge is -2.52. The summed E-state index contributed by atoms with van der Waals surface area (Å²) in [6.45, 7) is 4.64. The van der Waals surface area contributed by atoms with Crippen molar-refractivity contribution in [3.05, 3.63) is 59.7 Å². The molecule has 1 spiro atoms. The first-order valence-corrected chi connectivity index (χ1v) is 16.0. The Kier molecular flexibility index (Phi) is 10.2. The Morgan fingerprint density at radius 1 is 1.02 bits per heavy atom. The highest BCUT2D eigenvalue weighted by molar-refractivity contribution is 6.00. The van der Waals surface area contributed by atoms with Crippen LogP contribution in [0.3, 0.4) is 0 Å². The van der Waals surface area contributed by atoms with E-state index in [1.54, 1.807) is 36.2 Å². The molecule has 2 atom stereocenters. The van der Waals surface area contributed by atoms with Crippen molar-refractivity contribution >= 4 is 17.7 Å². The molecule has 3 amide bonds. The number of aliphatic hydroxyl groups excluding tert-OH is 2. The highest BCUT2D eigenvalue weighted by atomic mass is 16.5. The number of piperidine rings is 1. The van der Waals surface area contributed by atoms with Crippen LogP contribution in [0.1, 0.15) is 74.2 Å². The van der Waals surface area contributed by atoms with Gasteiger partial charge in [0, 0.05) is 38.8 Å². The number of ether oxygens (including phenoxy) is 1. The number of amides is 3. The first kappa shape index (κ1) is 31.9. The van der Waals surface area contributed by atoms with E-state index in [2.05, 4.69) is 22.5 Å². The smallest absolute Gasteiger partial charge is 0.251 e. The van der Waals surface area contributed by atoms with Crippen molar-refractivity contribution in [1.29, 1.82) is 0 Å². The number of hydrogen-bond acceptors (Lipinski definition) is 7. The number of nitrogens with zero attached hydrogens (tertiary/aromatic N) is 2. The average Bonchev–Trinajstić information content (AvgIpc) is 3.04. The van der Waals surface area contributed by atoms with E-state index in [0.29, 0.717) is 75.2 Å². The quantitative estimate of drug-likeness (QED) is 0.327. The van der Waals surface area contributed by atoms with Crippen LogP contribution in [0.15, 0.2) is 48.5 Å². The van der Waals surface area contributed by atoms with E-state index < -0.39 is 17.7 Å².